The fraction of sp³-hybridized carbons (Fsp3) is 0.176. The predicted octanol–water partition coefficient (Wildman–Crippen LogP) is 7.07. The molecule has 1 amide bonds. The van der Waals surface area contributed by atoms with E-state index in [0.29, 0.717) is 48.4 Å². The summed E-state index contributed by atoms with van der Waals surface area (Å²) in [7, 11) is 0. The van der Waals surface area contributed by atoms with Gasteiger partial charge in [-0.05, 0) is 85.0 Å². The minimum Gasteiger partial charge on any atom is -0.494 e. The van der Waals surface area contributed by atoms with Gasteiger partial charge in [0.15, 0.2) is 16.0 Å². The second-order valence-corrected chi connectivity index (χ2v) is 12.8. The predicted molar refractivity (Wildman–Crippen MR) is 177 cm³/mol. The lowest BCUT2D eigenvalue weighted by atomic mass is 9.94. The number of fused-ring (bicyclic) bond motifs is 2. The molecule has 0 radical (unpaired) electrons. The number of para-hydroxylation sites is 1. The molecule has 6 aromatic rings. The molecule has 9 nitrogen and oxygen atoms in total. The normalized spacial score (nSPS) is 12.7. The zero-order valence-corrected chi connectivity index (χ0v) is 25.8. The van der Waals surface area contributed by atoms with Crippen LogP contribution in [-0.2, 0) is 19.4 Å². The Bertz CT molecular complexity index is 1950. The highest BCUT2D eigenvalue weighted by molar-refractivity contribution is 7.22. The van der Waals surface area contributed by atoms with Gasteiger partial charge in [-0.2, -0.15) is 0 Å². The van der Waals surface area contributed by atoms with Crippen molar-refractivity contribution >= 4 is 55.0 Å². The summed E-state index contributed by atoms with van der Waals surface area (Å²) >= 11 is 2.84. The minimum absolute atomic E-state index is 0.0822. The molecule has 0 spiro atoms. The van der Waals surface area contributed by atoms with Crippen LogP contribution in [0.2, 0.25) is 0 Å². The maximum atomic E-state index is 13.4. The molecule has 0 unspecified atom stereocenters. The van der Waals surface area contributed by atoms with E-state index in [1.54, 1.807) is 0 Å². The lowest BCUT2D eigenvalue weighted by Gasteiger charge is -2.29. The number of carboxylic acid groups (broad SMARTS) is 1. The van der Waals surface area contributed by atoms with Gasteiger partial charge in [-0.15, -0.1) is 11.3 Å². The van der Waals surface area contributed by atoms with Crippen molar-refractivity contribution in [3.63, 3.8) is 0 Å². The second-order valence-electron chi connectivity index (χ2n) is 10.7. The third kappa shape index (κ3) is 6.17. The van der Waals surface area contributed by atoms with E-state index in [0.717, 1.165) is 44.1 Å². The van der Waals surface area contributed by atoms with Gasteiger partial charge in [-0.25, -0.2) is 14.8 Å². The number of carbonyl (C=O) groups is 2. The van der Waals surface area contributed by atoms with Crippen molar-refractivity contribution in [2.24, 2.45) is 0 Å². The molecule has 0 bridgehead atoms. The number of ether oxygens (including phenoxy) is 1. The molecular formula is C34H29N5O4S2. The van der Waals surface area contributed by atoms with E-state index in [1.807, 2.05) is 95.8 Å². The summed E-state index contributed by atoms with van der Waals surface area (Å²) in [6.07, 6.45) is 5.90. The standard InChI is InChI=1S/C34H29N5O4S2/c40-31(37-33-35-27-9-1-2-10-28(27)44-33)25-8-5-7-22-16-19-39(21-26(22)25)34-36-30(32(41)42)29(45-34)11-6-20-43-24-14-12-23(13-15-24)38-17-3-4-18-38/h1-5,7-10,12-15,17-18H,6,11,16,19-21H2,(H,41,42)(H,35,37,40). The van der Waals surface area contributed by atoms with E-state index in [4.69, 9.17) is 4.74 Å². The maximum Gasteiger partial charge on any atom is 0.355 e. The molecule has 7 rings (SSSR count). The van der Waals surface area contributed by atoms with E-state index in [1.165, 1.54) is 22.7 Å². The summed E-state index contributed by atoms with van der Waals surface area (Å²) in [5.74, 6) is -0.482. The van der Waals surface area contributed by atoms with Crippen molar-refractivity contribution in [1.29, 1.82) is 0 Å². The first-order valence-electron chi connectivity index (χ1n) is 14.6. The molecule has 0 atom stereocenters. The summed E-state index contributed by atoms with van der Waals surface area (Å²) in [5, 5.41) is 14.1. The molecule has 2 N–H and O–H groups in total. The average molecular weight is 636 g/mol. The quantitative estimate of drug-likeness (QED) is 0.155. The van der Waals surface area contributed by atoms with Gasteiger partial charge in [0.05, 0.1) is 16.8 Å². The SMILES string of the molecule is O=C(Nc1nc2ccccc2s1)c1cccc2c1CN(c1nc(C(=O)O)c(CCCOc3ccc(-n4cccc4)cc3)s1)CC2. The summed E-state index contributed by atoms with van der Waals surface area (Å²) in [4.78, 5) is 37.4. The Morgan fingerprint density at radius 1 is 0.933 bits per heavy atom. The summed E-state index contributed by atoms with van der Waals surface area (Å²) in [6, 6.07) is 25.4. The number of aromatic nitrogens is 3. The van der Waals surface area contributed by atoms with Gasteiger partial charge >= 0.3 is 5.97 Å². The zero-order chi connectivity index (χ0) is 30.8. The maximum absolute atomic E-state index is 13.4. The van der Waals surface area contributed by atoms with Crippen molar-refractivity contribution in [1.82, 2.24) is 14.5 Å². The van der Waals surface area contributed by atoms with Gasteiger partial charge in [-0.1, -0.05) is 35.6 Å². The van der Waals surface area contributed by atoms with Gasteiger partial charge in [0.1, 0.15) is 5.75 Å². The molecule has 0 saturated heterocycles. The molecule has 0 aliphatic carbocycles. The Hall–Kier alpha value is -5.00. The van der Waals surface area contributed by atoms with Gasteiger partial charge in [0.2, 0.25) is 0 Å². The smallest absolute Gasteiger partial charge is 0.355 e. The van der Waals surface area contributed by atoms with Crippen LogP contribution in [-0.4, -0.2) is 44.7 Å². The number of amides is 1. The molecule has 1 aliphatic rings. The number of thiazole rings is 2. The fourth-order valence-electron chi connectivity index (χ4n) is 5.50. The molecule has 3 aromatic heterocycles. The Balaban J connectivity index is 1.01. The van der Waals surface area contributed by atoms with Crippen LogP contribution >= 0.6 is 22.7 Å². The number of benzene rings is 3. The van der Waals surface area contributed by atoms with Crippen LogP contribution in [0.25, 0.3) is 15.9 Å². The largest absolute Gasteiger partial charge is 0.494 e. The van der Waals surface area contributed by atoms with E-state index >= 15 is 0 Å². The minimum atomic E-state index is -1.04. The topological polar surface area (TPSA) is 110 Å². The molecule has 4 heterocycles. The first-order chi connectivity index (χ1) is 22.0. The summed E-state index contributed by atoms with van der Waals surface area (Å²) < 4.78 is 8.97. The Labute approximate surface area is 267 Å². The van der Waals surface area contributed by atoms with Crippen molar-refractivity contribution in [2.75, 3.05) is 23.4 Å². The van der Waals surface area contributed by atoms with Crippen LogP contribution in [0.4, 0.5) is 10.3 Å². The van der Waals surface area contributed by atoms with Crippen LogP contribution in [0.1, 0.15) is 43.3 Å². The number of rotatable bonds is 10. The van der Waals surface area contributed by atoms with E-state index in [2.05, 4.69) is 20.2 Å². The van der Waals surface area contributed by atoms with Crippen molar-refractivity contribution in [2.45, 2.75) is 25.8 Å². The molecule has 0 fully saturated rings. The van der Waals surface area contributed by atoms with Gasteiger partial charge in [0.25, 0.3) is 5.91 Å². The van der Waals surface area contributed by atoms with Crippen molar-refractivity contribution < 1.29 is 19.4 Å². The molecule has 3 aromatic carbocycles. The lowest BCUT2D eigenvalue weighted by molar-refractivity contribution is 0.0690. The number of anilines is 2. The third-order valence-corrected chi connectivity index (χ3v) is 9.88. The van der Waals surface area contributed by atoms with Gasteiger partial charge < -0.3 is 19.3 Å². The number of aromatic carboxylic acids is 1. The Kier molecular flexibility index (Phi) is 8.02. The summed E-state index contributed by atoms with van der Waals surface area (Å²) in [6.45, 7) is 1.61. The lowest BCUT2D eigenvalue weighted by Crippen LogP contribution is -2.32. The highest BCUT2D eigenvalue weighted by atomic mass is 32.1. The van der Waals surface area contributed by atoms with Gasteiger partial charge in [0, 0.05) is 41.6 Å². The highest BCUT2D eigenvalue weighted by Crippen LogP contribution is 2.33. The molecule has 226 valence electrons. The number of aryl methyl sites for hydroxylation is 1. The zero-order valence-electron chi connectivity index (χ0n) is 24.2. The van der Waals surface area contributed by atoms with Crippen LogP contribution in [0.3, 0.4) is 0 Å². The van der Waals surface area contributed by atoms with Gasteiger partial charge in [-0.3, -0.25) is 10.1 Å². The summed E-state index contributed by atoms with van der Waals surface area (Å²) in [5.41, 5.74) is 4.60. The molecule has 0 saturated carbocycles. The molecule has 1 aliphatic heterocycles. The number of carbonyl (C=O) groups excluding carboxylic acids is 1. The van der Waals surface area contributed by atoms with E-state index < -0.39 is 5.97 Å². The number of hydrogen-bond donors (Lipinski definition) is 2. The molecular weight excluding hydrogens is 607 g/mol. The number of nitrogens with zero attached hydrogens (tertiary/aromatic N) is 4. The average Bonchev–Trinajstić information content (AvgIpc) is 3.83. The first kappa shape index (κ1) is 28.8. The third-order valence-electron chi connectivity index (χ3n) is 7.75. The van der Waals surface area contributed by atoms with E-state index in [9.17, 15) is 14.7 Å². The molecule has 45 heavy (non-hydrogen) atoms. The van der Waals surface area contributed by atoms with Crippen molar-refractivity contribution in [3.8, 4) is 11.4 Å². The van der Waals surface area contributed by atoms with E-state index in [-0.39, 0.29) is 11.6 Å². The Morgan fingerprint density at radius 3 is 2.56 bits per heavy atom. The highest BCUT2D eigenvalue weighted by Gasteiger charge is 2.26. The molecule has 11 heteroatoms. The van der Waals surface area contributed by atoms with Crippen LogP contribution in [0, 0.1) is 0 Å². The number of nitrogens with one attached hydrogen (secondary N) is 1. The van der Waals surface area contributed by atoms with Crippen LogP contribution in [0.15, 0.2) is 91.3 Å². The number of hydrogen-bond acceptors (Lipinski definition) is 8. The second kappa shape index (κ2) is 12.5. The monoisotopic (exact) mass is 635 g/mol. The first-order valence-corrected chi connectivity index (χ1v) is 16.3. The number of carboxylic acids is 1. The van der Waals surface area contributed by atoms with Crippen LogP contribution < -0.4 is 15.0 Å². The van der Waals surface area contributed by atoms with Crippen LogP contribution in [0.5, 0.6) is 5.75 Å². The fourth-order valence-corrected chi connectivity index (χ4v) is 7.48. The Morgan fingerprint density at radius 2 is 1.76 bits per heavy atom. The van der Waals surface area contributed by atoms with Crippen molar-refractivity contribution in [3.05, 3.63) is 119 Å².